The Bertz CT molecular complexity index is 576. The molecule has 4 saturated carbocycles. The van der Waals surface area contributed by atoms with Crippen LogP contribution in [-0.2, 0) is 8.85 Å². The zero-order valence-corrected chi connectivity index (χ0v) is 22.6. The number of fused-ring (bicyclic) bond motifs is 4. The van der Waals surface area contributed by atoms with Crippen LogP contribution in [-0.4, -0.2) is 56.4 Å². The maximum Gasteiger partial charge on any atom is 0.522 e. The third-order valence-corrected chi connectivity index (χ3v) is 15.0. The van der Waals surface area contributed by atoms with Crippen molar-refractivity contribution in [2.45, 2.75) is 140 Å². The Morgan fingerprint density at radius 3 is 1.00 bits per heavy atom. The fraction of sp³-hybridized carbons (Fsp3) is 1.00. The lowest BCUT2D eigenvalue weighted by atomic mass is 9.69. The Morgan fingerprint density at radius 1 is 0.455 bits per heavy atom. The third-order valence-electron chi connectivity index (χ3n) is 11.3. The maximum absolute atomic E-state index is 6.93. The SMILES string of the molecule is CO[Si](OC)(N1C2CCCCC2CC2CCCCC21)N1C2CCCCC2CC2CCCCC21. The molecule has 4 aliphatic carbocycles. The van der Waals surface area contributed by atoms with Gasteiger partial charge in [-0.1, -0.05) is 51.4 Å². The molecule has 2 saturated heterocycles. The molecule has 8 unspecified atom stereocenters. The van der Waals surface area contributed by atoms with E-state index in [0.29, 0.717) is 24.2 Å². The normalized spacial score (nSPS) is 44.9. The van der Waals surface area contributed by atoms with Crippen molar-refractivity contribution < 1.29 is 8.85 Å². The van der Waals surface area contributed by atoms with E-state index in [4.69, 9.17) is 8.85 Å². The molecule has 0 N–H and O–H groups in total. The molecule has 0 aromatic heterocycles. The fourth-order valence-electron chi connectivity index (χ4n) is 10.1. The highest BCUT2D eigenvalue weighted by atomic mass is 28.4. The van der Waals surface area contributed by atoms with Crippen molar-refractivity contribution in [1.29, 1.82) is 0 Å². The summed E-state index contributed by atoms with van der Waals surface area (Å²) in [6.45, 7) is 0. The largest absolute Gasteiger partial charge is 0.522 e. The molecule has 0 bridgehead atoms. The molecular formula is C28H50N2O2Si. The van der Waals surface area contributed by atoms with E-state index >= 15 is 0 Å². The van der Waals surface area contributed by atoms with Crippen molar-refractivity contribution in [2.75, 3.05) is 14.2 Å². The Hall–Kier alpha value is 0.0569. The molecule has 6 rings (SSSR count). The Kier molecular flexibility index (Phi) is 6.99. The predicted octanol–water partition coefficient (Wildman–Crippen LogP) is 6.36. The van der Waals surface area contributed by atoms with Crippen LogP contribution >= 0.6 is 0 Å². The minimum atomic E-state index is -2.71. The predicted molar refractivity (Wildman–Crippen MR) is 136 cm³/mol. The highest BCUT2D eigenvalue weighted by Gasteiger charge is 2.65. The van der Waals surface area contributed by atoms with Crippen LogP contribution in [0.25, 0.3) is 0 Å². The Labute approximate surface area is 204 Å². The van der Waals surface area contributed by atoms with Crippen molar-refractivity contribution in [2.24, 2.45) is 23.7 Å². The van der Waals surface area contributed by atoms with E-state index in [1.807, 2.05) is 14.2 Å². The van der Waals surface area contributed by atoms with Gasteiger partial charge in [0.25, 0.3) is 0 Å². The topological polar surface area (TPSA) is 24.9 Å². The quantitative estimate of drug-likeness (QED) is 0.443. The van der Waals surface area contributed by atoms with Crippen LogP contribution in [0.5, 0.6) is 0 Å². The average molecular weight is 475 g/mol. The highest BCUT2D eigenvalue weighted by Crippen LogP contribution is 2.52. The zero-order chi connectivity index (χ0) is 22.4. The monoisotopic (exact) mass is 474 g/mol. The first kappa shape index (κ1) is 23.5. The number of rotatable bonds is 4. The highest BCUT2D eigenvalue weighted by molar-refractivity contribution is 6.62. The van der Waals surface area contributed by atoms with Gasteiger partial charge in [-0.15, -0.1) is 0 Å². The van der Waals surface area contributed by atoms with Crippen LogP contribution < -0.4 is 0 Å². The summed E-state index contributed by atoms with van der Waals surface area (Å²) in [6.07, 6.45) is 25.7. The molecule has 2 heterocycles. The summed E-state index contributed by atoms with van der Waals surface area (Å²) in [5.41, 5.74) is 0. The van der Waals surface area contributed by atoms with Gasteiger partial charge >= 0.3 is 8.88 Å². The summed E-state index contributed by atoms with van der Waals surface area (Å²) < 4.78 is 20.0. The minimum absolute atomic E-state index is 0.704. The van der Waals surface area contributed by atoms with E-state index in [0.717, 1.165) is 23.7 Å². The van der Waals surface area contributed by atoms with Gasteiger partial charge in [0.2, 0.25) is 0 Å². The molecule has 0 radical (unpaired) electrons. The van der Waals surface area contributed by atoms with Gasteiger partial charge in [0.15, 0.2) is 0 Å². The summed E-state index contributed by atoms with van der Waals surface area (Å²) in [5, 5.41) is 0. The average Bonchev–Trinajstić information content (AvgIpc) is 2.88. The second-order valence-electron chi connectivity index (χ2n) is 12.7. The van der Waals surface area contributed by atoms with Gasteiger partial charge in [-0.2, -0.15) is 0 Å². The van der Waals surface area contributed by atoms with E-state index in [9.17, 15) is 0 Å². The second-order valence-corrected chi connectivity index (χ2v) is 15.6. The molecule has 5 heteroatoms. The summed E-state index contributed by atoms with van der Waals surface area (Å²) in [5.74, 6) is 3.52. The van der Waals surface area contributed by atoms with Gasteiger partial charge in [-0.3, -0.25) is 9.13 Å². The minimum Gasteiger partial charge on any atom is -0.374 e. The van der Waals surface area contributed by atoms with Crippen molar-refractivity contribution in [3.63, 3.8) is 0 Å². The number of nitrogens with zero attached hydrogens (tertiary/aromatic N) is 2. The summed E-state index contributed by atoms with van der Waals surface area (Å²) in [6, 6.07) is 2.82. The standard InChI is InChI=1S/C28H50N2O2Si/c1-31-33(32-2,29-25-15-7-3-11-21(25)19-22-12-4-8-16-26(22)29)30-27-17-9-5-13-23(27)20-24-14-6-10-18-28(24)30/h21-28H,3-20H2,1-2H3. The number of hydrogen-bond donors (Lipinski definition) is 0. The van der Waals surface area contributed by atoms with Crippen LogP contribution in [0.2, 0.25) is 0 Å². The molecule has 0 spiro atoms. The third kappa shape index (κ3) is 3.91. The maximum atomic E-state index is 6.93. The summed E-state index contributed by atoms with van der Waals surface area (Å²) in [4.78, 5) is 0. The molecule has 0 aromatic rings. The molecule has 8 atom stereocenters. The first-order valence-electron chi connectivity index (χ1n) is 14.9. The summed E-state index contributed by atoms with van der Waals surface area (Å²) in [7, 11) is 1.38. The van der Waals surface area contributed by atoms with Crippen molar-refractivity contribution in [3.05, 3.63) is 0 Å². The Balaban J connectivity index is 1.44. The molecular weight excluding hydrogens is 424 g/mol. The lowest BCUT2D eigenvalue weighted by molar-refractivity contribution is -0.0838. The summed E-state index contributed by atoms with van der Waals surface area (Å²) >= 11 is 0. The first-order valence-corrected chi connectivity index (χ1v) is 16.6. The van der Waals surface area contributed by atoms with Gasteiger partial charge in [-0.05, 0) is 87.9 Å². The van der Waals surface area contributed by atoms with Crippen LogP contribution in [0.15, 0.2) is 0 Å². The van der Waals surface area contributed by atoms with Gasteiger partial charge in [0.1, 0.15) is 0 Å². The van der Waals surface area contributed by atoms with E-state index in [-0.39, 0.29) is 0 Å². The van der Waals surface area contributed by atoms with E-state index < -0.39 is 8.88 Å². The van der Waals surface area contributed by atoms with Crippen molar-refractivity contribution in [1.82, 2.24) is 9.13 Å². The van der Waals surface area contributed by atoms with Crippen LogP contribution in [0.1, 0.15) is 116 Å². The van der Waals surface area contributed by atoms with Gasteiger partial charge in [-0.25, -0.2) is 0 Å². The first-order chi connectivity index (χ1) is 16.3. The molecule has 33 heavy (non-hydrogen) atoms. The second kappa shape index (κ2) is 9.84. The van der Waals surface area contributed by atoms with Crippen LogP contribution in [0.4, 0.5) is 0 Å². The smallest absolute Gasteiger partial charge is 0.374 e. The van der Waals surface area contributed by atoms with E-state index in [1.165, 1.54) is 116 Å². The van der Waals surface area contributed by atoms with Crippen molar-refractivity contribution in [3.8, 4) is 0 Å². The van der Waals surface area contributed by atoms with E-state index in [2.05, 4.69) is 9.13 Å². The van der Waals surface area contributed by atoms with Crippen molar-refractivity contribution >= 4 is 8.88 Å². The fourth-order valence-corrected chi connectivity index (χ4v) is 14.4. The molecule has 6 fully saturated rings. The molecule has 188 valence electrons. The molecule has 2 aliphatic heterocycles. The number of piperidine rings is 2. The molecule has 4 nitrogen and oxygen atoms in total. The number of hydrogen-bond acceptors (Lipinski definition) is 4. The molecule has 0 amide bonds. The zero-order valence-electron chi connectivity index (χ0n) is 21.6. The van der Waals surface area contributed by atoms with Gasteiger partial charge in [0.05, 0.1) is 0 Å². The molecule has 0 aromatic carbocycles. The molecule has 6 aliphatic rings. The van der Waals surface area contributed by atoms with E-state index in [1.54, 1.807) is 0 Å². The Morgan fingerprint density at radius 2 is 0.727 bits per heavy atom. The van der Waals surface area contributed by atoms with Gasteiger partial charge in [0, 0.05) is 38.4 Å². The van der Waals surface area contributed by atoms with Gasteiger partial charge < -0.3 is 8.85 Å². The lowest BCUT2D eigenvalue weighted by Crippen LogP contribution is -2.81. The van der Waals surface area contributed by atoms with Crippen LogP contribution in [0, 0.1) is 23.7 Å². The lowest BCUT2D eigenvalue weighted by Gasteiger charge is -2.64. The van der Waals surface area contributed by atoms with Crippen LogP contribution in [0.3, 0.4) is 0 Å².